The maximum Gasteiger partial charge on any atom is 0.329 e. The van der Waals surface area contributed by atoms with Crippen molar-refractivity contribution in [2.24, 2.45) is 5.92 Å². The number of aliphatic hydroxyl groups excluding tert-OH is 1. The molecule has 3 atom stereocenters. The van der Waals surface area contributed by atoms with Crippen molar-refractivity contribution in [3.63, 3.8) is 0 Å². The number of nitro benzene ring substituents is 1. The molecule has 23 heavy (non-hydrogen) atoms. The minimum atomic E-state index is -1.08. The molecule has 0 aromatic heterocycles. The van der Waals surface area contributed by atoms with E-state index in [-0.39, 0.29) is 12.3 Å². The molecule has 0 unspecified atom stereocenters. The van der Waals surface area contributed by atoms with E-state index >= 15 is 0 Å². The summed E-state index contributed by atoms with van der Waals surface area (Å²) in [5.41, 5.74) is 0.327. The van der Waals surface area contributed by atoms with E-state index in [1.807, 2.05) is 0 Å². The van der Waals surface area contributed by atoms with Crippen LogP contribution in [0.1, 0.15) is 19.8 Å². The van der Waals surface area contributed by atoms with Gasteiger partial charge in [-0.1, -0.05) is 6.07 Å². The van der Waals surface area contributed by atoms with Gasteiger partial charge in [-0.3, -0.25) is 10.1 Å². The molecule has 2 N–H and O–H groups in total. The largest absolute Gasteiger partial charge is 0.464 e. The second-order valence-electron chi connectivity index (χ2n) is 5.25. The van der Waals surface area contributed by atoms with Crippen molar-refractivity contribution in [1.82, 2.24) is 0 Å². The lowest BCUT2D eigenvalue weighted by Gasteiger charge is -2.33. The first-order chi connectivity index (χ1) is 11.0. The molecule has 2 rings (SSSR count). The maximum atomic E-state index is 12.2. The summed E-state index contributed by atoms with van der Waals surface area (Å²) in [7, 11) is 0. The smallest absolute Gasteiger partial charge is 0.329 e. The van der Waals surface area contributed by atoms with E-state index < -0.39 is 29.1 Å². The number of nitro groups is 1. The van der Waals surface area contributed by atoms with E-state index in [0.29, 0.717) is 25.1 Å². The van der Waals surface area contributed by atoms with E-state index in [4.69, 9.17) is 9.47 Å². The Balaban J connectivity index is 2.21. The van der Waals surface area contributed by atoms with Gasteiger partial charge in [0.25, 0.3) is 5.69 Å². The predicted octanol–water partition coefficient (Wildman–Crippen LogP) is 1.68. The molecule has 1 saturated heterocycles. The minimum absolute atomic E-state index is 0.0851. The third kappa shape index (κ3) is 4.40. The Morgan fingerprint density at radius 3 is 3.04 bits per heavy atom. The molecule has 0 saturated carbocycles. The summed E-state index contributed by atoms with van der Waals surface area (Å²) in [6.45, 7) is 2.33. The molecule has 1 aliphatic heterocycles. The Morgan fingerprint density at radius 1 is 1.61 bits per heavy atom. The Morgan fingerprint density at radius 2 is 2.39 bits per heavy atom. The second kappa shape index (κ2) is 7.89. The van der Waals surface area contributed by atoms with Crippen LogP contribution in [0.5, 0.6) is 0 Å². The number of hydrogen-bond donors (Lipinski definition) is 2. The minimum Gasteiger partial charge on any atom is -0.464 e. The zero-order valence-corrected chi connectivity index (χ0v) is 12.8. The molecule has 1 aromatic carbocycles. The van der Waals surface area contributed by atoms with E-state index in [1.54, 1.807) is 13.0 Å². The summed E-state index contributed by atoms with van der Waals surface area (Å²) in [5, 5.41) is 23.8. The SMILES string of the molecule is CCOC(=O)[C@H](Nc1cccc([N+](=O)[O-])c1)[C@@H]1CCCO[C@H]1O. The van der Waals surface area contributed by atoms with E-state index in [1.165, 1.54) is 18.2 Å². The predicted molar refractivity (Wildman–Crippen MR) is 81.8 cm³/mol. The molecule has 0 bridgehead atoms. The number of nitrogens with one attached hydrogen (secondary N) is 1. The fourth-order valence-electron chi connectivity index (χ4n) is 2.58. The van der Waals surface area contributed by atoms with Gasteiger partial charge in [0.2, 0.25) is 0 Å². The van der Waals surface area contributed by atoms with E-state index in [2.05, 4.69) is 5.32 Å². The molecule has 1 fully saturated rings. The lowest BCUT2D eigenvalue weighted by Crippen LogP contribution is -2.46. The molecular weight excluding hydrogens is 304 g/mol. The zero-order valence-electron chi connectivity index (χ0n) is 12.8. The van der Waals surface area contributed by atoms with E-state index in [9.17, 15) is 20.0 Å². The van der Waals surface area contributed by atoms with Gasteiger partial charge >= 0.3 is 5.97 Å². The Hall–Kier alpha value is -2.19. The van der Waals surface area contributed by atoms with Crippen molar-refractivity contribution in [1.29, 1.82) is 0 Å². The fraction of sp³-hybridized carbons (Fsp3) is 0.533. The van der Waals surface area contributed by atoms with Crippen molar-refractivity contribution in [3.8, 4) is 0 Å². The molecule has 126 valence electrons. The monoisotopic (exact) mass is 324 g/mol. The fourth-order valence-corrected chi connectivity index (χ4v) is 2.58. The van der Waals surface area contributed by atoms with Crippen LogP contribution in [0.25, 0.3) is 0 Å². The summed E-state index contributed by atoms with van der Waals surface area (Å²) >= 11 is 0. The molecular formula is C15H20N2O6. The van der Waals surface area contributed by atoms with Crippen molar-refractivity contribution >= 4 is 17.3 Å². The lowest BCUT2D eigenvalue weighted by atomic mass is 9.91. The number of anilines is 1. The van der Waals surface area contributed by atoms with Gasteiger partial charge in [-0.25, -0.2) is 4.79 Å². The average Bonchev–Trinajstić information content (AvgIpc) is 2.54. The van der Waals surface area contributed by atoms with Crippen LogP contribution in [-0.4, -0.2) is 41.5 Å². The highest BCUT2D eigenvalue weighted by molar-refractivity contribution is 5.80. The Kier molecular flexibility index (Phi) is 5.89. The van der Waals surface area contributed by atoms with Gasteiger partial charge in [0, 0.05) is 30.3 Å². The highest BCUT2D eigenvalue weighted by Gasteiger charge is 2.37. The third-order valence-electron chi connectivity index (χ3n) is 3.68. The van der Waals surface area contributed by atoms with Crippen LogP contribution in [0, 0.1) is 16.0 Å². The maximum absolute atomic E-state index is 12.2. The topological polar surface area (TPSA) is 111 Å². The van der Waals surface area contributed by atoms with Gasteiger partial charge in [-0.15, -0.1) is 0 Å². The van der Waals surface area contributed by atoms with Gasteiger partial charge < -0.3 is 19.9 Å². The number of carbonyl (C=O) groups excluding carboxylic acids is 1. The molecule has 1 heterocycles. The third-order valence-corrected chi connectivity index (χ3v) is 3.68. The molecule has 8 nitrogen and oxygen atoms in total. The summed E-state index contributed by atoms with van der Waals surface area (Å²) in [5.74, 6) is -1.00. The number of non-ortho nitro benzene ring substituents is 1. The first-order valence-corrected chi connectivity index (χ1v) is 7.50. The number of benzene rings is 1. The van der Waals surface area contributed by atoms with Crippen molar-refractivity contribution in [3.05, 3.63) is 34.4 Å². The van der Waals surface area contributed by atoms with Gasteiger partial charge in [0.1, 0.15) is 6.04 Å². The summed E-state index contributed by atoms with van der Waals surface area (Å²) in [6.07, 6.45) is 0.227. The Bertz CT molecular complexity index is 565. The number of hydrogen-bond acceptors (Lipinski definition) is 7. The number of ether oxygens (including phenoxy) is 2. The first kappa shape index (κ1) is 17.2. The molecule has 8 heteroatoms. The number of aliphatic hydroxyl groups is 1. The van der Waals surface area contributed by atoms with Crippen LogP contribution in [0.3, 0.4) is 0 Å². The normalized spacial score (nSPS) is 22.2. The average molecular weight is 324 g/mol. The quantitative estimate of drug-likeness (QED) is 0.465. The van der Waals surface area contributed by atoms with Crippen molar-refractivity contribution in [2.45, 2.75) is 32.1 Å². The highest BCUT2D eigenvalue weighted by Crippen LogP contribution is 2.27. The molecule has 0 aliphatic carbocycles. The van der Waals surface area contributed by atoms with Gasteiger partial charge in [0.05, 0.1) is 11.5 Å². The van der Waals surface area contributed by atoms with E-state index in [0.717, 1.165) is 0 Å². The van der Waals surface area contributed by atoms with Crippen LogP contribution < -0.4 is 5.32 Å². The van der Waals surface area contributed by atoms with Gasteiger partial charge in [0.15, 0.2) is 6.29 Å². The molecule has 0 amide bonds. The standard InChI is InChI=1S/C15H20N2O6/c1-2-22-15(19)13(12-7-4-8-23-14(12)18)16-10-5-3-6-11(9-10)17(20)21/h3,5-6,9,12-14,16,18H,2,4,7-8H2,1H3/t12-,13+,14+/m0/s1. The van der Waals surface area contributed by atoms with Gasteiger partial charge in [-0.05, 0) is 25.8 Å². The van der Waals surface area contributed by atoms with Crippen LogP contribution in [0.15, 0.2) is 24.3 Å². The van der Waals surface area contributed by atoms with Crippen LogP contribution in [0.4, 0.5) is 11.4 Å². The molecule has 1 aliphatic rings. The van der Waals surface area contributed by atoms with Crippen molar-refractivity contribution in [2.75, 3.05) is 18.5 Å². The van der Waals surface area contributed by atoms with Crippen LogP contribution in [-0.2, 0) is 14.3 Å². The summed E-state index contributed by atoms with van der Waals surface area (Å²) in [6, 6.07) is 5.00. The van der Waals surface area contributed by atoms with Crippen LogP contribution in [0.2, 0.25) is 0 Å². The second-order valence-corrected chi connectivity index (χ2v) is 5.25. The number of nitrogens with zero attached hydrogens (tertiary/aromatic N) is 1. The number of rotatable bonds is 6. The van der Waals surface area contributed by atoms with Gasteiger partial charge in [-0.2, -0.15) is 0 Å². The Labute approximate surface area is 133 Å². The molecule has 0 radical (unpaired) electrons. The highest BCUT2D eigenvalue weighted by atomic mass is 16.6. The summed E-state index contributed by atoms with van der Waals surface area (Å²) in [4.78, 5) is 22.6. The molecule has 1 aromatic rings. The van der Waals surface area contributed by atoms with Crippen LogP contribution >= 0.6 is 0 Å². The summed E-state index contributed by atoms with van der Waals surface area (Å²) < 4.78 is 10.3. The number of esters is 1. The number of carbonyl (C=O) groups is 1. The lowest BCUT2D eigenvalue weighted by molar-refractivity contribution is -0.384. The zero-order chi connectivity index (χ0) is 16.8. The first-order valence-electron chi connectivity index (χ1n) is 7.50. The molecule has 0 spiro atoms. The van der Waals surface area contributed by atoms with Crippen molar-refractivity contribution < 1.29 is 24.3 Å².